The molecule has 0 bridgehead atoms. The summed E-state index contributed by atoms with van der Waals surface area (Å²) in [5, 5.41) is 9.05. The fraction of sp³-hybridized carbons (Fsp3) is 0.214. The number of benzene rings is 3. The predicted molar refractivity (Wildman–Crippen MR) is 145 cm³/mol. The number of rotatable bonds is 7. The molecule has 2 heterocycles. The van der Waals surface area contributed by atoms with Crippen LogP contribution in [0.2, 0.25) is 0 Å². The summed E-state index contributed by atoms with van der Waals surface area (Å²) in [6.45, 7) is 0. The van der Waals surface area contributed by atoms with Gasteiger partial charge in [0.15, 0.2) is 5.17 Å². The summed E-state index contributed by atoms with van der Waals surface area (Å²) in [6.07, 6.45) is 0.491. The number of ether oxygens (including phenoxy) is 2. The van der Waals surface area contributed by atoms with Crippen LogP contribution in [0.3, 0.4) is 0 Å². The molecule has 1 N–H and O–H groups in total. The fourth-order valence-corrected chi connectivity index (χ4v) is 5.34. The topological polar surface area (TPSA) is 92.6 Å². The predicted octanol–water partition coefficient (Wildman–Crippen LogP) is 5.02. The van der Waals surface area contributed by atoms with E-state index in [1.165, 1.54) is 23.9 Å². The van der Waals surface area contributed by atoms with Crippen molar-refractivity contribution >= 4 is 40.1 Å². The third-order valence-electron chi connectivity index (χ3n) is 6.24. The van der Waals surface area contributed by atoms with Crippen LogP contribution in [-0.4, -0.2) is 47.2 Å². The third-order valence-corrected chi connectivity index (χ3v) is 7.38. The van der Waals surface area contributed by atoms with Gasteiger partial charge in [0.2, 0.25) is 5.91 Å². The Labute approximate surface area is 223 Å². The number of thioether (sulfide) groups is 1. The summed E-state index contributed by atoms with van der Waals surface area (Å²) < 4.78 is 24.1. The van der Waals surface area contributed by atoms with Crippen molar-refractivity contribution in [2.45, 2.75) is 24.1 Å². The first-order chi connectivity index (χ1) is 18.4. The molecule has 0 aliphatic carbocycles. The Morgan fingerprint density at radius 1 is 1.05 bits per heavy atom. The van der Waals surface area contributed by atoms with Crippen LogP contribution >= 0.6 is 11.8 Å². The Hall–Kier alpha value is -4.18. The van der Waals surface area contributed by atoms with Gasteiger partial charge < -0.3 is 14.8 Å². The smallest absolute Gasteiger partial charge is 0.262 e. The minimum absolute atomic E-state index is 0.0438. The van der Waals surface area contributed by atoms with Gasteiger partial charge in [0.05, 0.1) is 26.0 Å². The number of amides is 2. The number of nitrogens with one attached hydrogen (secondary N) is 1. The van der Waals surface area contributed by atoms with Gasteiger partial charge in [-0.05, 0) is 59.7 Å². The van der Waals surface area contributed by atoms with E-state index < -0.39 is 11.2 Å². The van der Waals surface area contributed by atoms with E-state index >= 15 is 0 Å². The number of anilines is 1. The van der Waals surface area contributed by atoms with Crippen LogP contribution in [0, 0.1) is 5.82 Å². The number of carbonyl (C=O) groups excluding carboxylic acids is 2. The molecule has 10 heteroatoms. The van der Waals surface area contributed by atoms with Crippen molar-refractivity contribution in [3.8, 4) is 11.5 Å². The summed E-state index contributed by atoms with van der Waals surface area (Å²) in [5.41, 5.74) is 3.13. The maximum Gasteiger partial charge on any atom is 0.262 e. The zero-order valence-electron chi connectivity index (χ0n) is 20.8. The highest BCUT2D eigenvalue weighted by Crippen LogP contribution is 2.39. The number of methoxy groups -OCH3 is 2. The van der Waals surface area contributed by atoms with Crippen molar-refractivity contribution in [3.63, 3.8) is 0 Å². The molecule has 38 heavy (non-hydrogen) atoms. The number of nitrogens with zero attached hydrogens (tertiary/aromatic N) is 3. The van der Waals surface area contributed by atoms with Crippen molar-refractivity contribution in [1.29, 1.82) is 0 Å². The Kier molecular flexibility index (Phi) is 7.41. The van der Waals surface area contributed by atoms with Gasteiger partial charge in [-0.25, -0.2) is 9.40 Å². The van der Waals surface area contributed by atoms with Crippen LogP contribution in [0.4, 0.5) is 10.1 Å². The Morgan fingerprint density at radius 3 is 2.50 bits per heavy atom. The van der Waals surface area contributed by atoms with E-state index in [2.05, 4.69) is 10.3 Å². The van der Waals surface area contributed by atoms with E-state index in [1.54, 1.807) is 55.6 Å². The molecular weight excluding hydrogens is 507 g/mol. The summed E-state index contributed by atoms with van der Waals surface area (Å²) in [6, 6.07) is 20.5. The second-order valence-electron chi connectivity index (χ2n) is 8.71. The van der Waals surface area contributed by atoms with Crippen molar-refractivity contribution < 1.29 is 23.5 Å². The van der Waals surface area contributed by atoms with Gasteiger partial charge in [-0.1, -0.05) is 30.0 Å². The molecular formula is C28H25FN4O4S. The summed E-state index contributed by atoms with van der Waals surface area (Å²) in [5.74, 6) is 0.317. The highest BCUT2D eigenvalue weighted by atomic mass is 32.2. The molecule has 194 valence electrons. The van der Waals surface area contributed by atoms with E-state index in [9.17, 15) is 14.0 Å². The molecule has 2 unspecified atom stereocenters. The van der Waals surface area contributed by atoms with Crippen LogP contribution < -0.4 is 14.8 Å². The summed E-state index contributed by atoms with van der Waals surface area (Å²) in [4.78, 5) is 29.7. The van der Waals surface area contributed by atoms with Gasteiger partial charge >= 0.3 is 0 Å². The molecule has 2 amide bonds. The molecule has 0 fully saturated rings. The molecule has 2 aliphatic rings. The lowest BCUT2D eigenvalue weighted by Crippen LogP contribution is -2.25. The fourth-order valence-electron chi connectivity index (χ4n) is 4.27. The highest BCUT2D eigenvalue weighted by Gasteiger charge is 2.39. The molecule has 8 nitrogen and oxygen atoms in total. The van der Waals surface area contributed by atoms with Crippen LogP contribution in [0.1, 0.15) is 30.0 Å². The molecule has 0 spiro atoms. The molecule has 0 saturated heterocycles. The molecule has 0 radical (unpaired) electrons. The molecule has 2 aliphatic heterocycles. The normalized spacial score (nSPS) is 18.7. The minimum atomic E-state index is -0.676. The van der Waals surface area contributed by atoms with Crippen molar-refractivity contribution in [3.05, 3.63) is 89.7 Å². The number of hydrogen-bond acceptors (Lipinski definition) is 7. The first-order valence-corrected chi connectivity index (χ1v) is 12.8. The van der Waals surface area contributed by atoms with Crippen LogP contribution in [0.5, 0.6) is 11.5 Å². The maximum absolute atomic E-state index is 13.6. The first-order valence-electron chi connectivity index (χ1n) is 11.9. The molecule has 3 aromatic carbocycles. The molecule has 0 saturated carbocycles. The second-order valence-corrected chi connectivity index (χ2v) is 9.88. The van der Waals surface area contributed by atoms with E-state index in [4.69, 9.17) is 14.6 Å². The zero-order valence-corrected chi connectivity index (χ0v) is 21.6. The Bertz CT molecular complexity index is 1410. The number of aliphatic imine (C=N–C) groups is 1. The largest absolute Gasteiger partial charge is 0.497 e. The minimum Gasteiger partial charge on any atom is -0.497 e. The van der Waals surface area contributed by atoms with E-state index in [-0.39, 0.29) is 24.2 Å². The molecule has 2 atom stereocenters. The van der Waals surface area contributed by atoms with Crippen molar-refractivity contribution in [1.82, 2.24) is 5.01 Å². The quantitative estimate of drug-likeness (QED) is 0.459. The van der Waals surface area contributed by atoms with Gasteiger partial charge in [0.1, 0.15) is 22.6 Å². The lowest BCUT2D eigenvalue weighted by Gasteiger charge is -2.23. The molecule has 0 aromatic heterocycles. The van der Waals surface area contributed by atoms with Gasteiger partial charge in [-0.15, -0.1) is 0 Å². The number of amidine groups is 1. The summed E-state index contributed by atoms with van der Waals surface area (Å²) in [7, 11) is 3.15. The van der Waals surface area contributed by atoms with Gasteiger partial charge in [-0.2, -0.15) is 10.1 Å². The lowest BCUT2D eigenvalue weighted by atomic mass is 9.98. The number of hydrazone groups is 1. The van der Waals surface area contributed by atoms with Crippen molar-refractivity contribution in [2.75, 3.05) is 19.5 Å². The van der Waals surface area contributed by atoms with Gasteiger partial charge in [0.25, 0.3) is 5.91 Å². The monoisotopic (exact) mass is 532 g/mol. The maximum atomic E-state index is 13.6. The van der Waals surface area contributed by atoms with Gasteiger partial charge in [-0.3, -0.25) is 9.59 Å². The molecule has 3 aromatic rings. The van der Waals surface area contributed by atoms with Crippen LogP contribution in [-0.2, 0) is 9.59 Å². The van der Waals surface area contributed by atoms with E-state index in [1.807, 2.05) is 24.3 Å². The average Bonchev–Trinajstić information content (AvgIpc) is 3.53. The Balaban J connectivity index is 1.34. The van der Waals surface area contributed by atoms with Gasteiger partial charge in [0, 0.05) is 24.6 Å². The molecule has 5 rings (SSSR count). The number of halogens is 1. The van der Waals surface area contributed by atoms with E-state index in [0.29, 0.717) is 23.0 Å². The first kappa shape index (κ1) is 25.5. The van der Waals surface area contributed by atoms with Crippen molar-refractivity contribution in [2.24, 2.45) is 10.1 Å². The van der Waals surface area contributed by atoms with Crippen LogP contribution in [0.25, 0.3) is 0 Å². The standard InChI is InChI=1S/C28H25FN4O4S/c1-36-21-12-8-17(9-13-21)23-15-24(18-6-10-19(29)11-7-18)33(32-23)28-31-27(35)25(38-28)16-26(34)30-20-4-3-5-22(14-20)37-2/h3-14,24-25H,15-16H2,1-2H3,(H,30,34). The number of hydrogen-bond donors (Lipinski definition) is 1. The average molecular weight is 533 g/mol. The van der Waals surface area contributed by atoms with E-state index in [0.717, 1.165) is 22.6 Å². The zero-order chi connectivity index (χ0) is 26.6. The lowest BCUT2D eigenvalue weighted by molar-refractivity contribution is -0.121. The Morgan fingerprint density at radius 2 is 1.79 bits per heavy atom. The summed E-state index contributed by atoms with van der Waals surface area (Å²) >= 11 is 1.21. The van der Waals surface area contributed by atoms with Crippen LogP contribution in [0.15, 0.2) is 82.9 Å². The third kappa shape index (κ3) is 5.55. The SMILES string of the molecule is COc1ccc(C2=NN(C3=NC(=O)C(CC(=O)Nc4cccc(OC)c4)S3)C(c3ccc(F)cc3)C2)cc1. The number of carbonyl (C=O) groups is 2. The highest BCUT2D eigenvalue weighted by molar-refractivity contribution is 8.15. The second kappa shape index (κ2) is 11.1.